The first-order chi connectivity index (χ1) is 8.25. The van der Waals surface area contributed by atoms with Gasteiger partial charge in [-0.2, -0.15) is 0 Å². The van der Waals surface area contributed by atoms with Crippen molar-refractivity contribution in [2.75, 3.05) is 10.6 Å². The molecule has 5 nitrogen and oxygen atoms in total. The van der Waals surface area contributed by atoms with Crippen molar-refractivity contribution in [3.8, 4) is 0 Å². The molecule has 2 aromatic heterocycles. The number of nitrogens with one attached hydrogen (secondary N) is 2. The van der Waals surface area contributed by atoms with Gasteiger partial charge >= 0.3 is 6.03 Å². The quantitative estimate of drug-likeness (QED) is 0.829. The number of rotatable bonds is 2. The maximum Gasteiger partial charge on any atom is 0.324 e. The summed E-state index contributed by atoms with van der Waals surface area (Å²) >= 11 is 0. The Kier molecular flexibility index (Phi) is 3.30. The van der Waals surface area contributed by atoms with E-state index in [4.69, 9.17) is 0 Å². The summed E-state index contributed by atoms with van der Waals surface area (Å²) in [6.45, 7) is 1.88. The zero-order valence-electron chi connectivity index (χ0n) is 9.34. The first-order valence-corrected chi connectivity index (χ1v) is 5.15. The fraction of sp³-hybridized carbons (Fsp3) is 0.0833. The molecule has 5 heteroatoms. The number of aromatic nitrogens is 2. The molecule has 2 amide bonds. The van der Waals surface area contributed by atoms with E-state index in [9.17, 15) is 4.79 Å². The predicted molar refractivity (Wildman–Crippen MR) is 65.9 cm³/mol. The molecule has 0 saturated heterocycles. The fourth-order valence-electron chi connectivity index (χ4n) is 1.32. The summed E-state index contributed by atoms with van der Waals surface area (Å²) in [5, 5.41) is 5.33. The minimum absolute atomic E-state index is 0.334. The molecule has 0 atom stereocenters. The number of anilines is 2. The third kappa shape index (κ3) is 3.01. The minimum atomic E-state index is -0.334. The summed E-state index contributed by atoms with van der Waals surface area (Å²) < 4.78 is 0. The third-order valence-corrected chi connectivity index (χ3v) is 2.16. The Balaban J connectivity index is 2.01. The van der Waals surface area contributed by atoms with Gasteiger partial charge in [0.05, 0.1) is 11.9 Å². The van der Waals surface area contributed by atoms with Gasteiger partial charge in [-0.15, -0.1) is 0 Å². The van der Waals surface area contributed by atoms with Crippen molar-refractivity contribution in [1.29, 1.82) is 0 Å². The fourth-order valence-corrected chi connectivity index (χ4v) is 1.32. The Morgan fingerprint density at radius 2 is 2.00 bits per heavy atom. The van der Waals surface area contributed by atoms with Crippen LogP contribution in [-0.2, 0) is 0 Å². The average molecular weight is 228 g/mol. The lowest BCUT2D eigenvalue weighted by Crippen LogP contribution is -2.20. The normalized spacial score (nSPS) is 9.71. The number of hydrogen-bond donors (Lipinski definition) is 2. The SMILES string of the molecule is Cc1cccnc1NC(=O)Nc1cccnc1. The second-order valence-corrected chi connectivity index (χ2v) is 3.49. The van der Waals surface area contributed by atoms with Crippen molar-refractivity contribution in [3.63, 3.8) is 0 Å². The number of aryl methyl sites for hydroxylation is 1. The number of urea groups is 1. The number of carbonyl (C=O) groups excluding carboxylic acids is 1. The van der Waals surface area contributed by atoms with E-state index in [1.165, 1.54) is 0 Å². The number of nitrogens with zero attached hydrogens (tertiary/aromatic N) is 2. The molecule has 2 heterocycles. The molecule has 0 aliphatic rings. The van der Waals surface area contributed by atoms with Crippen LogP contribution in [0.2, 0.25) is 0 Å². The molecule has 0 spiro atoms. The van der Waals surface area contributed by atoms with Crippen LogP contribution in [0.1, 0.15) is 5.56 Å². The Hall–Kier alpha value is -2.43. The number of carbonyl (C=O) groups is 1. The van der Waals surface area contributed by atoms with Crippen molar-refractivity contribution in [3.05, 3.63) is 48.4 Å². The van der Waals surface area contributed by atoms with E-state index in [0.29, 0.717) is 11.5 Å². The molecule has 0 saturated carbocycles. The molecule has 0 unspecified atom stereocenters. The van der Waals surface area contributed by atoms with Gasteiger partial charge in [-0.05, 0) is 30.7 Å². The molecule has 0 radical (unpaired) electrons. The summed E-state index contributed by atoms with van der Waals surface area (Å²) in [5.74, 6) is 0.550. The summed E-state index contributed by atoms with van der Waals surface area (Å²) in [7, 11) is 0. The van der Waals surface area contributed by atoms with Crippen LogP contribution < -0.4 is 10.6 Å². The summed E-state index contributed by atoms with van der Waals surface area (Å²) in [4.78, 5) is 19.6. The first kappa shape index (κ1) is 11.1. The van der Waals surface area contributed by atoms with E-state index in [2.05, 4.69) is 20.6 Å². The van der Waals surface area contributed by atoms with Crippen LogP contribution in [0.25, 0.3) is 0 Å². The summed E-state index contributed by atoms with van der Waals surface area (Å²) in [6, 6.07) is 6.88. The highest BCUT2D eigenvalue weighted by molar-refractivity contribution is 5.99. The zero-order valence-corrected chi connectivity index (χ0v) is 9.34. The lowest BCUT2D eigenvalue weighted by Gasteiger charge is -2.08. The molecule has 2 N–H and O–H groups in total. The molecule has 0 bridgehead atoms. The van der Waals surface area contributed by atoms with Crippen LogP contribution in [0.3, 0.4) is 0 Å². The molecule has 2 rings (SSSR count). The molecule has 0 aliphatic heterocycles. The topological polar surface area (TPSA) is 66.9 Å². The van der Waals surface area contributed by atoms with Crippen molar-refractivity contribution in [2.24, 2.45) is 0 Å². The summed E-state index contributed by atoms with van der Waals surface area (Å²) in [5.41, 5.74) is 1.55. The molecule has 17 heavy (non-hydrogen) atoms. The molecule has 86 valence electrons. The Morgan fingerprint density at radius 3 is 2.71 bits per heavy atom. The lowest BCUT2D eigenvalue weighted by molar-refractivity contribution is 0.262. The van der Waals surface area contributed by atoms with Crippen molar-refractivity contribution >= 4 is 17.5 Å². The van der Waals surface area contributed by atoms with Gasteiger partial charge in [0.2, 0.25) is 0 Å². The molecule has 0 aromatic carbocycles. The van der Waals surface area contributed by atoms with Crippen LogP contribution in [0.15, 0.2) is 42.9 Å². The molecule has 2 aromatic rings. The molecular formula is C12H12N4O. The second-order valence-electron chi connectivity index (χ2n) is 3.49. The Labute approximate surface area is 98.9 Å². The average Bonchev–Trinajstić information content (AvgIpc) is 2.33. The van der Waals surface area contributed by atoms with E-state index in [-0.39, 0.29) is 6.03 Å². The van der Waals surface area contributed by atoms with Gasteiger partial charge in [0.15, 0.2) is 0 Å². The lowest BCUT2D eigenvalue weighted by atomic mass is 10.3. The van der Waals surface area contributed by atoms with E-state index in [1.807, 2.05) is 19.1 Å². The van der Waals surface area contributed by atoms with Crippen LogP contribution in [0.5, 0.6) is 0 Å². The van der Waals surface area contributed by atoms with E-state index >= 15 is 0 Å². The van der Waals surface area contributed by atoms with Crippen molar-refractivity contribution in [2.45, 2.75) is 6.92 Å². The standard InChI is InChI=1S/C12H12N4O/c1-9-4-2-7-14-11(9)16-12(17)15-10-5-3-6-13-8-10/h2-8H,1H3,(H2,14,15,16,17). The number of pyridine rings is 2. The van der Waals surface area contributed by atoms with Gasteiger partial charge in [-0.3, -0.25) is 10.3 Å². The molecule has 0 aliphatic carbocycles. The van der Waals surface area contributed by atoms with Gasteiger partial charge < -0.3 is 5.32 Å². The van der Waals surface area contributed by atoms with E-state index in [1.54, 1.807) is 30.7 Å². The van der Waals surface area contributed by atoms with Gasteiger partial charge in [0.1, 0.15) is 5.82 Å². The highest BCUT2D eigenvalue weighted by atomic mass is 16.2. The van der Waals surface area contributed by atoms with Gasteiger partial charge in [-0.25, -0.2) is 9.78 Å². The van der Waals surface area contributed by atoms with Gasteiger partial charge in [0, 0.05) is 12.4 Å². The van der Waals surface area contributed by atoms with Crippen LogP contribution in [0.4, 0.5) is 16.3 Å². The van der Waals surface area contributed by atoms with Crippen molar-refractivity contribution in [1.82, 2.24) is 9.97 Å². The number of hydrogen-bond acceptors (Lipinski definition) is 3. The minimum Gasteiger partial charge on any atom is -0.306 e. The van der Waals surface area contributed by atoms with Crippen LogP contribution in [-0.4, -0.2) is 16.0 Å². The van der Waals surface area contributed by atoms with Crippen LogP contribution in [0, 0.1) is 6.92 Å². The highest BCUT2D eigenvalue weighted by Crippen LogP contribution is 2.10. The van der Waals surface area contributed by atoms with E-state index < -0.39 is 0 Å². The van der Waals surface area contributed by atoms with Crippen molar-refractivity contribution < 1.29 is 4.79 Å². The molecule has 0 fully saturated rings. The van der Waals surface area contributed by atoms with Gasteiger partial charge in [0.25, 0.3) is 0 Å². The van der Waals surface area contributed by atoms with E-state index in [0.717, 1.165) is 5.56 Å². The first-order valence-electron chi connectivity index (χ1n) is 5.15. The maximum atomic E-state index is 11.6. The monoisotopic (exact) mass is 228 g/mol. The maximum absolute atomic E-state index is 11.6. The summed E-state index contributed by atoms with van der Waals surface area (Å²) in [6.07, 6.45) is 4.85. The Bertz CT molecular complexity index is 513. The number of amides is 2. The molecular weight excluding hydrogens is 216 g/mol. The largest absolute Gasteiger partial charge is 0.324 e. The third-order valence-electron chi connectivity index (χ3n) is 2.16. The van der Waals surface area contributed by atoms with Crippen LogP contribution >= 0.6 is 0 Å². The zero-order chi connectivity index (χ0) is 12.1. The smallest absolute Gasteiger partial charge is 0.306 e. The Morgan fingerprint density at radius 1 is 1.18 bits per heavy atom. The highest BCUT2D eigenvalue weighted by Gasteiger charge is 2.04. The second kappa shape index (κ2) is 5.07. The predicted octanol–water partition coefficient (Wildman–Crippen LogP) is 2.43. The van der Waals surface area contributed by atoms with Gasteiger partial charge in [-0.1, -0.05) is 6.07 Å².